The monoisotopic (exact) mass is 502 g/mol. The molecule has 0 saturated carbocycles. The first-order valence-corrected chi connectivity index (χ1v) is 11.1. The maximum Gasteiger partial charge on any atom is 0.437 e. The fraction of sp³-hybridized carbons (Fsp3) is 0.304. The maximum absolute atomic E-state index is 13.7. The molecule has 0 radical (unpaired) electrons. The van der Waals surface area contributed by atoms with E-state index in [-0.39, 0.29) is 11.7 Å². The maximum atomic E-state index is 13.7. The summed E-state index contributed by atoms with van der Waals surface area (Å²) < 4.78 is 46.5. The number of nitrogens with zero attached hydrogens (tertiary/aromatic N) is 5. The molecule has 2 aromatic heterocycles. The lowest BCUT2D eigenvalue weighted by molar-refractivity contribution is -0.141. The summed E-state index contributed by atoms with van der Waals surface area (Å²) in [5.41, 5.74) is 0.403. The van der Waals surface area contributed by atoms with Gasteiger partial charge in [0, 0.05) is 38.4 Å². The topological polar surface area (TPSA) is 115 Å². The van der Waals surface area contributed by atoms with Crippen LogP contribution in [0.25, 0.3) is 0 Å². The van der Waals surface area contributed by atoms with Gasteiger partial charge in [-0.2, -0.15) is 18.2 Å². The van der Waals surface area contributed by atoms with Gasteiger partial charge < -0.3 is 24.6 Å². The van der Waals surface area contributed by atoms with E-state index in [1.807, 2.05) is 17.0 Å². The van der Waals surface area contributed by atoms with E-state index in [2.05, 4.69) is 15.3 Å². The molecule has 0 unspecified atom stereocenters. The third-order valence-corrected chi connectivity index (χ3v) is 6.09. The zero-order chi connectivity index (χ0) is 25.4. The second-order valence-corrected chi connectivity index (χ2v) is 8.32. The molecule has 2 amide bonds. The second-order valence-electron chi connectivity index (χ2n) is 8.32. The fourth-order valence-corrected chi connectivity index (χ4v) is 4.27. The van der Waals surface area contributed by atoms with Gasteiger partial charge in [0.15, 0.2) is 5.69 Å². The number of piperazine rings is 1. The Hall–Kier alpha value is -4.29. The number of carbonyl (C=O) groups excluding carboxylic acids is 1. The molecule has 5 rings (SSSR count). The lowest BCUT2D eigenvalue weighted by Crippen LogP contribution is -2.48. The predicted molar refractivity (Wildman–Crippen MR) is 123 cm³/mol. The SMILES string of the molecule is O=C(Nc1ccc(N2CCN(C(=O)O)CC2)nc1)c1oc(N2CCc3ccccc32)nc1C(F)(F)F. The van der Waals surface area contributed by atoms with E-state index in [1.54, 1.807) is 18.2 Å². The number of anilines is 4. The minimum Gasteiger partial charge on any atom is -0.465 e. The molecule has 13 heteroatoms. The van der Waals surface area contributed by atoms with Crippen LogP contribution in [0.15, 0.2) is 47.0 Å². The van der Waals surface area contributed by atoms with Gasteiger partial charge in [-0.3, -0.25) is 9.69 Å². The van der Waals surface area contributed by atoms with E-state index >= 15 is 0 Å². The number of rotatable bonds is 4. The van der Waals surface area contributed by atoms with Crippen LogP contribution in [0.2, 0.25) is 0 Å². The van der Waals surface area contributed by atoms with Gasteiger partial charge in [-0.25, -0.2) is 9.78 Å². The Morgan fingerprint density at radius 1 is 1.03 bits per heavy atom. The van der Waals surface area contributed by atoms with Crippen molar-refractivity contribution in [3.63, 3.8) is 0 Å². The molecule has 0 atom stereocenters. The van der Waals surface area contributed by atoms with Gasteiger partial charge in [0.1, 0.15) is 5.82 Å². The normalized spacial score (nSPS) is 15.7. The van der Waals surface area contributed by atoms with Crippen LogP contribution < -0.4 is 15.1 Å². The minimum atomic E-state index is -4.89. The van der Waals surface area contributed by atoms with Crippen LogP contribution in [0, 0.1) is 0 Å². The third-order valence-electron chi connectivity index (χ3n) is 6.09. The van der Waals surface area contributed by atoms with Gasteiger partial charge in [-0.05, 0) is 30.2 Å². The molecule has 1 fully saturated rings. The predicted octanol–water partition coefficient (Wildman–Crippen LogP) is 3.83. The highest BCUT2D eigenvalue weighted by molar-refractivity contribution is 6.03. The summed E-state index contributed by atoms with van der Waals surface area (Å²) >= 11 is 0. The number of hydrogen-bond donors (Lipinski definition) is 2. The van der Waals surface area contributed by atoms with E-state index in [1.165, 1.54) is 22.1 Å². The molecule has 2 aliphatic heterocycles. The molecule has 10 nitrogen and oxygen atoms in total. The Balaban J connectivity index is 1.32. The van der Waals surface area contributed by atoms with Crippen LogP contribution >= 0.6 is 0 Å². The van der Waals surface area contributed by atoms with E-state index in [0.29, 0.717) is 50.6 Å². The van der Waals surface area contributed by atoms with Crippen molar-refractivity contribution in [3.8, 4) is 0 Å². The number of aromatic nitrogens is 2. The first-order valence-electron chi connectivity index (χ1n) is 11.1. The first kappa shape index (κ1) is 23.5. The van der Waals surface area contributed by atoms with Crippen molar-refractivity contribution in [3.05, 3.63) is 59.6 Å². The number of carboxylic acid groups (broad SMARTS) is 1. The Labute approximate surface area is 202 Å². The van der Waals surface area contributed by atoms with Gasteiger partial charge in [-0.1, -0.05) is 18.2 Å². The van der Waals surface area contributed by atoms with Crippen LogP contribution in [0.1, 0.15) is 21.8 Å². The molecule has 0 bridgehead atoms. The van der Waals surface area contributed by atoms with Crippen LogP contribution in [0.3, 0.4) is 0 Å². The molecule has 188 valence electrons. The molecule has 1 aromatic carbocycles. The molecule has 2 aliphatic rings. The number of para-hydroxylation sites is 1. The number of fused-ring (bicyclic) bond motifs is 1. The van der Waals surface area contributed by atoms with Crippen molar-refractivity contribution in [1.29, 1.82) is 0 Å². The number of benzene rings is 1. The van der Waals surface area contributed by atoms with Crippen molar-refractivity contribution in [2.24, 2.45) is 0 Å². The standard InChI is InChI=1S/C23H21F3N6O4/c24-23(25,26)19-18(36-21(29-19)32-8-7-14-3-1-2-4-16(14)32)20(33)28-15-5-6-17(27-13-15)30-9-11-31(12-10-30)22(34)35/h1-6,13H,7-12H2,(H,28,33)(H,34,35). The van der Waals surface area contributed by atoms with E-state index in [4.69, 9.17) is 9.52 Å². The van der Waals surface area contributed by atoms with Crippen molar-refractivity contribution in [2.75, 3.05) is 47.8 Å². The van der Waals surface area contributed by atoms with Crippen LogP contribution in [0.5, 0.6) is 0 Å². The average molecular weight is 502 g/mol. The summed E-state index contributed by atoms with van der Waals surface area (Å²) in [6.45, 7) is 1.92. The lowest BCUT2D eigenvalue weighted by Gasteiger charge is -2.33. The summed E-state index contributed by atoms with van der Waals surface area (Å²) in [6.07, 6.45) is -3.94. The van der Waals surface area contributed by atoms with E-state index in [9.17, 15) is 22.8 Å². The highest BCUT2D eigenvalue weighted by Gasteiger charge is 2.42. The van der Waals surface area contributed by atoms with Crippen molar-refractivity contribution >= 4 is 35.2 Å². The quantitative estimate of drug-likeness (QED) is 0.553. The zero-order valence-corrected chi connectivity index (χ0v) is 18.8. The number of pyridine rings is 1. The zero-order valence-electron chi connectivity index (χ0n) is 18.8. The lowest BCUT2D eigenvalue weighted by atomic mass is 10.2. The Morgan fingerprint density at radius 3 is 2.44 bits per heavy atom. The molecule has 0 spiro atoms. The first-order chi connectivity index (χ1) is 17.2. The molecule has 3 aromatic rings. The van der Waals surface area contributed by atoms with Crippen LogP contribution in [0.4, 0.5) is 41.2 Å². The molecule has 36 heavy (non-hydrogen) atoms. The van der Waals surface area contributed by atoms with E-state index in [0.717, 1.165) is 5.56 Å². The molecule has 1 saturated heterocycles. The van der Waals surface area contributed by atoms with Gasteiger partial charge in [0.25, 0.3) is 5.91 Å². The number of carbonyl (C=O) groups is 2. The average Bonchev–Trinajstić information content (AvgIpc) is 3.49. The smallest absolute Gasteiger partial charge is 0.437 e. The van der Waals surface area contributed by atoms with Gasteiger partial charge in [0.2, 0.25) is 5.76 Å². The van der Waals surface area contributed by atoms with Crippen molar-refractivity contribution in [2.45, 2.75) is 12.6 Å². The Bertz CT molecular complexity index is 1290. The molecule has 0 aliphatic carbocycles. The number of amides is 2. The molecule has 2 N–H and O–H groups in total. The van der Waals surface area contributed by atoms with Crippen molar-refractivity contribution < 1.29 is 32.3 Å². The van der Waals surface area contributed by atoms with E-state index < -0.39 is 29.6 Å². The number of hydrogen-bond acceptors (Lipinski definition) is 7. The molecular formula is C23H21F3N6O4. The summed E-state index contributed by atoms with van der Waals surface area (Å²) in [7, 11) is 0. The Morgan fingerprint density at radius 2 is 1.78 bits per heavy atom. The van der Waals surface area contributed by atoms with Gasteiger partial charge in [-0.15, -0.1) is 0 Å². The summed E-state index contributed by atoms with van der Waals surface area (Å²) in [5.74, 6) is -1.47. The molecular weight excluding hydrogens is 481 g/mol. The second kappa shape index (κ2) is 9.06. The number of nitrogens with one attached hydrogen (secondary N) is 1. The summed E-state index contributed by atoms with van der Waals surface area (Å²) in [5, 5.41) is 11.4. The highest BCUT2D eigenvalue weighted by Crippen LogP contribution is 2.39. The number of alkyl halides is 3. The van der Waals surface area contributed by atoms with Crippen molar-refractivity contribution in [1.82, 2.24) is 14.9 Å². The highest BCUT2D eigenvalue weighted by atomic mass is 19.4. The largest absolute Gasteiger partial charge is 0.465 e. The Kier molecular flexibility index (Phi) is 5.90. The summed E-state index contributed by atoms with van der Waals surface area (Å²) in [6, 6.07) is 10.0. The number of oxazole rings is 1. The van der Waals surface area contributed by atoms with Gasteiger partial charge >= 0.3 is 18.3 Å². The molecule has 4 heterocycles. The summed E-state index contributed by atoms with van der Waals surface area (Å²) in [4.78, 5) is 36.4. The number of halogens is 3. The van der Waals surface area contributed by atoms with Crippen LogP contribution in [-0.4, -0.2) is 64.7 Å². The van der Waals surface area contributed by atoms with Crippen LogP contribution in [-0.2, 0) is 12.6 Å². The minimum absolute atomic E-state index is 0.172. The fourth-order valence-electron chi connectivity index (χ4n) is 4.27. The third kappa shape index (κ3) is 4.51. The van der Waals surface area contributed by atoms with Gasteiger partial charge in [0.05, 0.1) is 11.9 Å².